The Morgan fingerprint density at radius 1 is 1.23 bits per heavy atom. The summed E-state index contributed by atoms with van der Waals surface area (Å²) in [5, 5.41) is 10.9. The predicted molar refractivity (Wildman–Crippen MR) is 92.8 cm³/mol. The monoisotopic (exact) mass is 397 g/mol. The lowest BCUT2D eigenvalue weighted by Crippen LogP contribution is -2.01. The Morgan fingerprint density at radius 3 is 2.68 bits per heavy atom. The van der Waals surface area contributed by atoms with Crippen LogP contribution >= 0.6 is 39.1 Å². The fraction of sp³-hybridized carbons (Fsp3) is 0.0625. The van der Waals surface area contributed by atoms with Gasteiger partial charge in [-0.15, -0.1) is 0 Å². The maximum atomic E-state index is 11.2. The zero-order valence-electron chi connectivity index (χ0n) is 11.2. The van der Waals surface area contributed by atoms with Crippen molar-refractivity contribution in [1.29, 1.82) is 0 Å². The molecule has 0 aliphatic carbocycles. The molecule has 0 radical (unpaired) electrons. The van der Waals surface area contributed by atoms with Crippen molar-refractivity contribution in [2.75, 3.05) is 0 Å². The number of benzene rings is 2. The Bertz CT molecular complexity index is 889. The summed E-state index contributed by atoms with van der Waals surface area (Å²) in [7, 11) is 0. The third kappa shape index (κ3) is 2.86. The molecule has 0 saturated carbocycles. The minimum atomic E-state index is -0.914. The van der Waals surface area contributed by atoms with Gasteiger partial charge < -0.3 is 10.1 Å². The van der Waals surface area contributed by atoms with Gasteiger partial charge in [0.05, 0.1) is 17.1 Å². The van der Waals surface area contributed by atoms with E-state index < -0.39 is 5.97 Å². The summed E-state index contributed by atoms with van der Waals surface area (Å²) in [6.45, 7) is 0. The fourth-order valence-corrected chi connectivity index (χ4v) is 3.54. The van der Waals surface area contributed by atoms with Crippen LogP contribution in [0.3, 0.4) is 0 Å². The highest BCUT2D eigenvalue weighted by molar-refractivity contribution is 9.10. The summed E-state index contributed by atoms with van der Waals surface area (Å²) in [6, 6.07) is 11.0. The molecule has 0 bridgehead atoms. The minimum Gasteiger partial charge on any atom is -0.481 e. The van der Waals surface area contributed by atoms with Gasteiger partial charge in [-0.05, 0) is 35.4 Å². The summed E-state index contributed by atoms with van der Waals surface area (Å²) in [4.78, 5) is 14.5. The number of rotatable bonds is 3. The molecule has 22 heavy (non-hydrogen) atoms. The van der Waals surface area contributed by atoms with Gasteiger partial charge in [-0.1, -0.05) is 51.3 Å². The van der Waals surface area contributed by atoms with Gasteiger partial charge in [-0.25, -0.2) is 0 Å². The van der Waals surface area contributed by atoms with Crippen molar-refractivity contribution in [3.8, 4) is 11.3 Å². The molecule has 3 nitrogen and oxygen atoms in total. The molecule has 2 aromatic carbocycles. The number of H-pyrrole nitrogens is 1. The zero-order chi connectivity index (χ0) is 15.9. The normalized spacial score (nSPS) is 11.0. The number of nitrogens with one attached hydrogen (secondary N) is 1. The van der Waals surface area contributed by atoms with Crippen LogP contribution in [0.5, 0.6) is 0 Å². The van der Waals surface area contributed by atoms with Crippen molar-refractivity contribution in [3.63, 3.8) is 0 Å². The number of hydrogen-bond donors (Lipinski definition) is 2. The SMILES string of the molecule is O=C(O)Cc1c(-c2cccc(Br)c2)[nH]c2cc(Cl)cc(Cl)c12. The zero-order valence-corrected chi connectivity index (χ0v) is 14.3. The molecule has 112 valence electrons. The fourth-order valence-electron chi connectivity index (χ4n) is 2.53. The molecule has 0 aliphatic rings. The van der Waals surface area contributed by atoms with Crippen molar-refractivity contribution < 1.29 is 9.90 Å². The molecular weight excluding hydrogens is 389 g/mol. The van der Waals surface area contributed by atoms with E-state index in [0.29, 0.717) is 21.0 Å². The Kier molecular flexibility index (Phi) is 4.17. The number of fused-ring (bicyclic) bond motifs is 1. The minimum absolute atomic E-state index is 0.122. The van der Waals surface area contributed by atoms with E-state index in [1.165, 1.54) is 0 Å². The average molecular weight is 399 g/mol. The van der Waals surface area contributed by atoms with Crippen LogP contribution in [0.25, 0.3) is 22.2 Å². The second-order valence-corrected chi connectivity index (χ2v) is 6.63. The lowest BCUT2D eigenvalue weighted by atomic mass is 10.0. The molecule has 1 aromatic heterocycles. The molecule has 3 aromatic rings. The second kappa shape index (κ2) is 5.95. The summed E-state index contributed by atoms with van der Waals surface area (Å²) in [5.41, 5.74) is 3.00. The van der Waals surface area contributed by atoms with Crippen LogP contribution < -0.4 is 0 Å². The van der Waals surface area contributed by atoms with Crippen LogP contribution in [0, 0.1) is 0 Å². The highest BCUT2D eigenvalue weighted by atomic mass is 79.9. The summed E-state index contributed by atoms with van der Waals surface area (Å²) in [6.07, 6.45) is -0.122. The first kappa shape index (κ1) is 15.4. The van der Waals surface area contributed by atoms with Gasteiger partial charge in [-0.2, -0.15) is 0 Å². The van der Waals surface area contributed by atoms with Crippen molar-refractivity contribution in [2.24, 2.45) is 0 Å². The molecule has 3 rings (SSSR count). The van der Waals surface area contributed by atoms with Crippen molar-refractivity contribution in [3.05, 3.63) is 56.5 Å². The van der Waals surface area contributed by atoms with E-state index in [9.17, 15) is 9.90 Å². The van der Waals surface area contributed by atoms with E-state index in [1.54, 1.807) is 12.1 Å². The summed E-state index contributed by atoms with van der Waals surface area (Å²) >= 11 is 15.7. The average Bonchev–Trinajstić information content (AvgIpc) is 2.76. The van der Waals surface area contributed by atoms with Crippen molar-refractivity contribution >= 4 is 56.0 Å². The number of aromatic nitrogens is 1. The van der Waals surface area contributed by atoms with Gasteiger partial charge in [0.15, 0.2) is 0 Å². The van der Waals surface area contributed by atoms with Crippen molar-refractivity contribution in [2.45, 2.75) is 6.42 Å². The van der Waals surface area contributed by atoms with Crippen LogP contribution in [-0.2, 0) is 11.2 Å². The smallest absolute Gasteiger partial charge is 0.307 e. The van der Waals surface area contributed by atoms with Gasteiger partial charge in [-0.3, -0.25) is 4.79 Å². The van der Waals surface area contributed by atoms with Gasteiger partial charge in [0.2, 0.25) is 0 Å². The molecular formula is C16H10BrCl2NO2. The van der Waals surface area contributed by atoms with E-state index in [1.807, 2.05) is 24.3 Å². The van der Waals surface area contributed by atoms with Gasteiger partial charge in [0, 0.05) is 20.4 Å². The van der Waals surface area contributed by atoms with Crippen LogP contribution in [0.4, 0.5) is 0 Å². The molecule has 0 spiro atoms. The first-order chi connectivity index (χ1) is 10.5. The highest BCUT2D eigenvalue weighted by Gasteiger charge is 2.18. The molecule has 0 unspecified atom stereocenters. The van der Waals surface area contributed by atoms with E-state index in [2.05, 4.69) is 20.9 Å². The first-order valence-electron chi connectivity index (χ1n) is 6.43. The maximum Gasteiger partial charge on any atom is 0.307 e. The van der Waals surface area contributed by atoms with E-state index >= 15 is 0 Å². The Labute approximate surface area is 145 Å². The van der Waals surface area contributed by atoms with Gasteiger partial charge >= 0.3 is 5.97 Å². The molecule has 0 amide bonds. The Hall–Kier alpha value is -1.49. The van der Waals surface area contributed by atoms with Crippen LogP contribution in [0.2, 0.25) is 10.0 Å². The Morgan fingerprint density at radius 2 is 2.00 bits per heavy atom. The summed E-state index contributed by atoms with van der Waals surface area (Å²) < 4.78 is 0.911. The maximum absolute atomic E-state index is 11.2. The number of aliphatic carboxylic acids is 1. The molecule has 2 N–H and O–H groups in total. The van der Waals surface area contributed by atoms with Crippen molar-refractivity contribution in [1.82, 2.24) is 4.98 Å². The second-order valence-electron chi connectivity index (χ2n) is 4.87. The van der Waals surface area contributed by atoms with E-state index in [4.69, 9.17) is 23.2 Å². The highest BCUT2D eigenvalue weighted by Crippen LogP contribution is 2.37. The topological polar surface area (TPSA) is 53.1 Å². The number of halogens is 3. The van der Waals surface area contributed by atoms with Gasteiger partial charge in [0.1, 0.15) is 0 Å². The third-order valence-electron chi connectivity index (χ3n) is 3.36. The lowest BCUT2D eigenvalue weighted by Gasteiger charge is -2.04. The largest absolute Gasteiger partial charge is 0.481 e. The van der Waals surface area contributed by atoms with E-state index in [0.717, 1.165) is 21.2 Å². The van der Waals surface area contributed by atoms with Gasteiger partial charge in [0.25, 0.3) is 0 Å². The Balaban J connectivity index is 2.33. The number of carbonyl (C=O) groups is 1. The standard InChI is InChI=1S/C16H10BrCl2NO2/c17-9-3-1-2-8(4-9)16-11(7-14(21)22)15-12(19)5-10(18)6-13(15)20-16/h1-6,20H,7H2,(H,21,22). The van der Waals surface area contributed by atoms with Crippen LogP contribution in [0.15, 0.2) is 40.9 Å². The molecule has 0 aliphatic heterocycles. The number of carboxylic acid groups (broad SMARTS) is 1. The van der Waals surface area contributed by atoms with Crippen LogP contribution in [0.1, 0.15) is 5.56 Å². The molecule has 0 saturated heterocycles. The van der Waals surface area contributed by atoms with Crippen LogP contribution in [-0.4, -0.2) is 16.1 Å². The molecule has 0 fully saturated rings. The number of carboxylic acids is 1. The third-order valence-corrected chi connectivity index (χ3v) is 4.37. The first-order valence-corrected chi connectivity index (χ1v) is 7.98. The molecule has 0 atom stereocenters. The predicted octanol–water partition coefficient (Wildman–Crippen LogP) is 5.53. The number of hydrogen-bond acceptors (Lipinski definition) is 1. The van der Waals surface area contributed by atoms with E-state index in [-0.39, 0.29) is 6.42 Å². The number of aromatic amines is 1. The quantitative estimate of drug-likeness (QED) is 0.609. The summed E-state index contributed by atoms with van der Waals surface area (Å²) in [5.74, 6) is -0.914. The lowest BCUT2D eigenvalue weighted by molar-refractivity contribution is -0.136. The molecule has 1 heterocycles. The molecule has 6 heteroatoms.